The molecule has 4 heterocycles. The van der Waals surface area contributed by atoms with Gasteiger partial charge < -0.3 is 9.80 Å². The lowest BCUT2D eigenvalue weighted by atomic mass is 10.2. The second-order valence-electron chi connectivity index (χ2n) is 6.96. The Bertz CT molecular complexity index is 807. The summed E-state index contributed by atoms with van der Waals surface area (Å²) in [6.45, 7) is 6.55. The monoisotopic (exact) mass is 342 g/mol. The fraction of sp³-hybridized carbons (Fsp3) is 0.529. The van der Waals surface area contributed by atoms with Crippen molar-refractivity contribution in [2.24, 2.45) is 0 Å². The molecule has 2 aliphatic rings. The molecule has 8 heteroatoms. The number of hydrogen-bond donors (Lipinski definition) is 1. The Hall–Kier alpha value is -2.64. The van der Waals surface area contributed by atoms with Gasteiger partial charge in [-0.15, -0.1) is 0 Å². The van der Waals surface area contributed by atoms with Crippen molar-refractivity contribution in [1.29, 1.82) is 0 Å². The molecule has 0 saturated carbocycles. The molecule has 8 nitrogen and oxygen atoms in total. The summed E-state index contributed by atoms with van der Waals surface area (Å²) in [5, 5.41) is 11.3. The van der Waals surface area contributed by atoms with Crippen molar-refractivity contribution >= 4 is 11.8 Å². The molecule has 2 aromatic heterocycles. The zero-order chi connectivity index (χ0) is 17.6. The molecule has 1 fully saturated rings. The molecule has 0 spiro atoms. The third-order valence-electron chi connectivity index (χ3n) is 4.91. The topological polar surface area (TPSA) is 87.1 Å². The molecule has 2 aliphatic heterocycles. The van der Waals surface area contributed by atoms with Crippen LogP contribution in [0, 0.1) is 0 Å². The van der Waals surface area contributed by atoms with Gasteiger partial charge in [0.1, 0.15) is 5.69 Å². The Labute approximate surface area is 145 Å². The average Bonchev–Trinajstić information content (AvgIpc) is 3.33. The molecule has 0 aliphatic carbocycles. The van der Waals surface area contributed by atoms with E-state index in [1.807, 2.05) is 9.58 Å². The summed E-state index contributed by atoms with van der Waals surface area (Å²) in [4.78, 5) is 28.3. The normalized spacial score (nSPS) is 17.0. The molecule has 132 valence electrons. The first-order chi connectivity index (χ1) is 12.0. The summed E-state index contributed by atoms with van der Waals surface area (Å²) in [5.41, 5.74) is 3.56. The zero-order valence-electron chi connectivity index (χ0n) is 14.5. The minimum atomic E-state index is -0.0628. The van der Waals surface area contributed by atoms with Crippen molar-refractivity contribution < 1.29 is 9.59 Å². The van der Waals surface area contributed by atoms with Crippen LogP contribution in [0.15, 0.2) is 12.3 Å². The van der Waals surface area contributed by atoms with Crippen molar-refractivity contribution in [3.05, 3.63) is 34.9 Å². The highest BCUT2D eigenvalue weighted by Gasteiger charge is 2.33. The van der Waals surface area contributed by atoms with Gasteiger partial charge >= 0.3 is 0 Å². The van der Waals surface area contributed by atoms with Gasteiger partial charge in [0.15, 0.2) is 0 Å². The first kappa shape index (κ1) is 15.9. The lowest BCUT2D eigenvalue weighted by molar-refractivity contribution is -0.128. The van der Waals surface area contributed by atoms with E-state index in [9.17, 15) is 9.59 Å². The SMILES string of the molecule is CC(C)n1nc(CN2CCCC2=O)c2c1CN(C(=O)c1ccn[nH]1)C2. The van der Waals surface area contributed by atoms with E-state index in [0.717, 1.165) is 29.9 Å². The number of carbonyl (C=O) groups is 2. The van der Waals surface area contributed by atoms with E-state index in [-0.39, 0.29) is 17.9 Å². The minimum absolute atomic E-state index is 0.0628. The van der Waals surface area contributed by atoms with Crippen LogP contribution in [-0.2, 0) is 24.4 Å². The van der Waals surface area contributed by atoms with Crippen LogP contribution in [0.4, 0.5) is 0 Å². The van der Waals surface area contributed by atoms with Crippen LogP contribution in [0.3, 0.4) is 0 Å². The third kappa shape index (κ3) is 2.71. The van der Waals surface area contributed by atoms with Crippen molar-refractivity contribution in [3.63, 3.8) is 0 Å². The Morgan fingerprint density at radius 3 is 2.84 bits per heavy atom. The largest absolute Gasteiger partial charge is 0.337 e. The van der Waals surface area contributed by atoms with Crippen LogP contribution in [0.5, 0.6) is 0 Å². The predicted octanol–water partition coefficient (Wildman–Crippen LogP) is 1.47. The van der Waals surface area contributed by atoms with E-state index in [0.29, 0.717) is 31.7 Å². The van der Waals surface area contributed by atoms with E-state index in [4.69, 9.17) is 5.10 Å². The molecule has 25 heavy (non-hydrogen) atoms. The van der Waals surface area contributed by atoms with E-state index >= 15 is 0 Å². The number of nitrogens with zero attached hydrogens (tertiary/aromatic N) is 5. The quantitative estimate of drug-likeness (QED) is 0.911. The number of likely N-dealkylation sites (tertiary alicyclic amines) is 1. The first-order valence-electron chi connectivity index (χ1n) is 8.70. The van der Waals surface area contributed by atoms with Crippen LogP contribution < -0.4 is 0 Å². The second-order valence-corrected chi connectivity index (χ2v) is 6.96. The number of nitrogens with one attached hydrogen (secondary N) is 1. The van der Waals surface area contributed by atoms with Crippen LogP contribution in [0.1, 0.15) is 60.2 Å². The van der Waals surface area contributed by atoms with Gasteiger partial charge in [0.25, 0.3) is 5.91 Å². The number of hydrogen-bond acceptors (Lipinski definition) is 4. The van der Waals surface area contributed by atoms with Gasteiger partial charge in [-0.2, -0.15) is 10.2 Å². The number of H-pyrrole nitrogens is 1. The number of aromatic nitrogens is 4. The fourth-order valence-corrected chi connectivity index (χ4v) is 3.63. The van der Waals surface area contributed by atoms with Gasteiger partial charge in [-0.1, -0.05) is 0 Å². The van der Waals surface area contributed by atoms with Crippen molar-refractivity contribution in [1.82, 2.24) is 29.8 Å². The summed E-state index contributed by atoms with van der Waals surface area (Å²) in [5.74, 6) is 0.128. The number of carbonyl (C=O) groups excluding carboxylic acids is 2. The first-order valence-corrected chi connectivity index (χ1v) is 8.70. The zero-order valence-corrected chi connectivity index (χ0v) is 14.5. The molecular weight excluding hydrogens is 320 g/mol. The van der Waals surface area contributed by atoms with Crippen LogP contribution in [0.25, 0.3) is 0 Å². The van der Waals surface area contributed by atoms with E-state index in [2.05, 4.69) is 24.0 Å². The van der Waals surface area contributed by atoms with E-state index in [1.54, 1.807) is 17.2 Å². The highest BCUT2D eigenvalue weighted by Crippen LogP contribution is 2.30. The van der Waals surface area contributed by atoms with Gasteiger partial charge in [0.05, 0.1) is 31.0 Å². The van der Waals surface area contributed by atoms with Crippen molar-refractivity contribution in [2.45, 2.75) is 52.4 Å². The summed E-state index contributed by atoms with van der Waals surface area (Å²) in [6.07, 6.45) is 3.12. The molecule has 4 rings (SSSR count). The Morgan fingerprint density at radius 2 is 2.20 bits per heavy atom. The van der Waals surface area contributed by atoms with E-state index < -0.39 is 0 Å². The molecule has 1 saturated heterocycles. The van der Waals surface area contributed by atoms with Gasteiger partial charge in [0, 0.05) is 30.8 Å². The van der Waals surface area contributed by atoms with Gasteiger partial charge in [0.2, 0.25) is 5.91 Å². The Morgan fingerprint density at radius 1 is 1.36 bits per heavy atom. The van der Waals surface area contributed by atoms with Crippen LogP contribution in [-0.4, -0.2) is 48.1 Å². The van der Waals surface area contributed by atoms with Crippen molar-refractivity contribution in [2.75, 3.05) is 6.54 Å². The molecular formula is C17H22N6O2. The molecule has 0 unspecified atom stereocenters. The smallest absolute Gasteiger partial charge is 0.272 e. The van der Waals surface area contributed by atoms with Gasteiger partial charge in [-0.25, -0.2) is 0 Å². The molecule has 2 amide bonds. The van der Waals surface area contributed by atoms with Gasteiger partial charge in [-0.05, 0) is 26.3 Å². The summed E-state index contributed by atoms with van der Waals surface area (Å²) >= 11 is 0. The predicted molar refractivity (Wildman–Crippen MR) is 89.4 cm³/mol. The lowest BCUT2D eigenvalue weighted by Crippen LogP contribution is -2.28. The fourth-order valence-electron chi connectivity index (χ4n) is 3.63. The van der Waals surface area contributed by atoms with Crippen molar-refractivity contribution in [3.8, 4) is 0 Å². The average molecular weight is 342 g/mol. The Balaban J connectivity index is 1.61. The molecule has 1 N–H and O–H groups in total. The maximum absolute atomic E-state index is 12.6. The standard InChI is InChI=1S/C17H22N6O2/c1-11(2)23-15-10-22(17(25)13-5-6-18-19-13)8-12(15)14(20-23)9-21-7-3-4-16(21)24/h5-6,11H,3-4,7-10H2,1-2H3,(H,18,19). The molecule has 2 aromatic rings. The van der Waals surface area contributed by atoms with Crippen LogP contribution >= 0.6 is 0 Å². The lowest BCUT2D eigenvalue weighted by Gasteiger charge is -2.18. The number of amides is 2. The summed E-state index contributed by atoms with van der Waals surface area (Å²) in [7, 11) is 0. The second kappa shape index (κ2) is 6.02. The third-order valence-corrected chi connectivity index (χ3v) is 4.91. The molecule has 0 atom stereocenters. The molecule has 0 radical (unpaired) electrons. The Kier molecular flexibility index (Phi) is 3.82. The molecule has 0 bridgehead atoms. The van der Waals surface area contributed by atoms with Crippen LogP contribution in [0.2, 0.25) is 0 Å². The maximum Gasteiger partial charge on any atom is 0.272 e. The number of aromatic amines is 1. The summed E-state index contributed by atoms with van der Waals surface area (Å²) in [6, 6.07) is 1.89. The highest BCUT2D eigenvalue weighted by molar-refractivity contribution is 5.92. The minimum Gasteiger partial charge on any atom is -0.337 e. The summed E-state index contributed by atoms with van der Waals surface area (Å²) < 4.78 is 1.99. The molecule has 0 aromatic carbocycles. The number of rotatable bonds is 4. The highest BCUT2D eigenvalue weighted by atomic mass is 16.2. The number of fused-ring (bicyclic) bond motifs is 1. The maximum atomic E-state index is 12.6. The van der Waals surface area contributed by atoms with Gasteiger partial charge in [-0.3, -0.25) is 19.4 Å². The van der Waals surface area contributed by atoms with E-state index in [1.165, 1.54) is 0 Å².